The summed E-state index contributed by atoms with van der Waals surface area (Å²) in [5.41, 5.74) is -0.608. The Morgan fingerprint density at radius 3 is 2.50 bits per heavy atom. The fourth-order valence-electron chi connectivity index (χ4n) is 1.79. The summed E-state index contributed by atoms with van der Waals surface area (Å²) < 4.78 is 10.5. The minimum absolute atomic E-state index is 0.139. The second-order valence-corrected chi connectivity index (χ2v) is 6.56. The highest BCUT2D eigenvalue weighted by molar-refractivity contribution is 6.28. The first-order valence-electron chi connectivity index (χ1n) is 7.46. The van der Waals surface area contributed by atoms with Crippen LogP contribution < -0.4 is 5.32 Å². The third kappa shape index (κ3) is 10.6. The fourth-order valence-corrected chi connectivity index (χ4v) is 1.97. The van der Waals surface area contributed by atoms with Gasteiger partial charge in [0.05, 0.1) is 18.5 Å². The van der Waals surface area contributed by atoms with Gasteiger partial charge in [-0.05, 0) is 39.5 Å². The predicted octanol–water partition coefficient (Wildman–Crippen LogP) is 3.31. The van der Waals surface area contributed by atoms with Crippen LogP contribution in [-0.4, -0.2) is 42.6 Å². The number of amides is 1. The lowest BCUT2D eigenvalue weighted by Crippen LogP contribution is -2.44. The summed E-state index contributed by atoms with van der Waals surface area (Å²) in [4.78, 5) is 23.7. The zero-order valence-electron chi connectivity index (χ0n) is 14.0. The molecule has 0 radical (unpaired) electrons. The highest BCUT2D eigenvalue weighted by Crippen LogP contribution is 2.13. The molecule has 0 aliphatic heterocycles. The lowest BCUT2D eigenvalue weighted by Gasteiger charge is -2.24. The number of ketones is 1. The van der Waals surface area contributed by atoms with Crippen LogP contribution in [0.15, 0.2) is 12.7 Å². The van der Waals surface area contributed by atoms with Crippen molar-refractivity contribution in [1.82, 2.24) is 5.32 Å². The second kappa shape index (κ2) is 10.6. The zero-order valence-corrected chi connectivity index (χ0v) is 14.7. The molecule has 0 aromatic heterocycles. The van der Waals surface area contributed by atoms with Crippen molar-refractivity contribution in [3.8, 4) is 0 Å². The van der Waals surface area contributed by atoms with Gasteiger partial charge in [-0.3, -0.25) is 4.79 Å². The van der Waals surface area contributed by atoms with Crippen LogP contribution in [0, 0.1) is 5.92 Å². The molecule has 0 aliphatic carbocycles. The van der Waals surface area contributed by atoms with E-state index in [9.17, 15) is 9.59 Å². The van der Waals surface area contributed by atoms with Crippen LogP contribution in [0.3, 0.4) is 0 Å². The van der Waals surface area contributed by atoms with Crippen LogP contribution >= 0.6 is 11.6 Å². The van der Waals surface area contributed by atoms with Gasteiger partial charge >= 0.3 is 6.09 Å². The molecule has 6 heteroatoms. The predicted molar refractivity (Wildman–Crippen MR) is 88.3 cm³/mol. The molecule has 2 atom stereocenters. The van der Waals surface area contributed by atoms with Crippen molar-refractivity contribution in [3.05, 3.63) is 12.7 Å². The molecular formula is C16H28ClNO4. The van der Waals surface area contributed by atoms with E-state index in [1.807, 2.05) is 6.92 Å². The number of nitrogens with one attached hydrogen (secondary N) is 1. The maximum Gasteiger partial charge on any atom is 0.408 e. The molecule has 0 aliphatic rings. The highest BCUT2D eigenvalue weighted by atomic mass is 35.5. The first-order valence-corrected chi connectivity index (χ1v) is 8.00. The minimum atomic E-state index is -0.637. The van der Waals surface area contributed by atoms with Crippen molar-refractivity contribution < 1.29 is 19.1 Å². The summed E-state index contributed by atoms with van der Waals surface area (Å²) in [6.45, 7) is 12.0. The van der Waals surface area contributed by atoms with Gasteiger partial charge in [0.25, 0.3) is 0 Å². The number of ether oxygens (including phenoxy) is 2. The van der Waals surface area contributed by atoms with Crippen LogP contribution in [0.25, 0.3) is 0 Å². The maximum absolute atomic E-state index is 11.9. The van der Waals surface area contributed by atoms with E-state index in [4.69, 9.17) is 21.1 Å². The van der Waals surface area contributed by atoms with Gasteiger partial charge in [-0.1, -0.05) is 13.0 Å². The summed E-state index contributed by atoms with van der Waals surface area (Å²) >= 11 is 5.61. The molecule has 0 saturated carbocycles. The number of rotatable bonds is 10. The standard InChI is InChI=1S/C16H28ClNO4/c1-6-8-21-9-7-12(2)10-13(14(19)11-17)18-15(20)22-16(3,4)5/h6,12-13H,1,7-11H2,2-5H3,(H,18,20)/t12-,13+/m1/s1. The highest BCUT2D eigenvalue weighted by Gasteiger charge is 2.25. The molecule has 5 nitrogen and oxygen atoms in total. The topological polar surface area (TPSA) is 64.6 Å². The van der Waals surface area contributed by atoms with Gasteiger partial charge in [0, 0.05) is 6.61 Å². The van der Waals surface area contributed by atoms with Gasteiger partial charge in [-0.25, -0.2) is 4.79 Å². The SMILES string of the molecule is C=CCOCC[C@@H](C)C[C@H](NC(=O)OC(C)(C)C)C(=O)CCl. The van der Waals surface area contributed by atoms with E-state index in [0.717, 1.165) is 6.42 Å². The Morgan fingerprint density at radius 2 is 2.00 bits per heavy atom. The van der Waals surface area contributed by atoms with Gasteiger partial charge in [-0.2, -0.15) is 0 Å². The molecule has 0 fully saturated rings. The summed E-state index contributed by atoms with van der Waals surface area (Å²) in [5, 5.41) is 2.60. The van der Waals surface area contributed by atoms with Crippen molar-refractivity contribution >= 4 is 23.5 Å². The molecular weight excluding hydrogens is 306 g/mol. The molecule has 1 amide bonds. The summed E-state index contributed by atoms with van der Waals surface area (Å²) in [7, 11) is 0. The van der Waals surface area contributed by atoms with E-state index in [2.05, 4.69) is 11.9 Å². The van der Waals surface area contributed by atoms with Gasteiger partial charge in [0.2, 0.25) is 0 Å². The summed E-state index contributed by atoms with van der Waals surface area (Å²) in [6, 6.07) is -0.637. The number of hydrogen-bond donors (Lipinski definition) is 1. The number of hydrogen-bond acceptors (Lipinski definition) is 4. The molecule has 0 aromatic carbocycles. The van der Waals surface area contributed by atoms with Crippen molar-refractivity contribution in [2.75, 3.05) is 19.1 Å². The monoisotopic (exact) mass is 333 g/mol. The molecule has 0 aromatic rings. The average molecular weight is 334 g/mol. The third-order valence-corrected chi connectivity index (χ3v) is 3.10. The van der Waals surface area contributed by atoms with Gasteiger partial charge in [0.15, 0.2) is 5.78 Å². The van der Waals surface area contributed by atoms with Crippen LogP contribution in [0.5, 0.6) is 0 Å². The van der Waals surface area contributed by atoms with E-state index in [-0.39, 0.29) is 17.6 Å². The van der Waals surface area contributed by atoms with Crippen LogP contribution in [0.1, 0.15) is 40.5 Å². The van der Waals surface area contributed by atoms with E-state index >= 15 is 0 Å². The molecule has 0 saturated heterocycles. The molecule has 0 bridgehead atoms. The van der Waals surface area contributed by atoms with Gasteiger partial charge in [-0.15, -0.1) is 18.2 Å². The number of carbonyl (C=O) groups is 2. The Balaban J connectivity index is 4.42. The Hall–Kier alpha value is -1.07. The van der Waals surface area contributed by atoms with E-state index < -0.39 is 17.7 Å². The zero-order chi connectivity index (χ0) is 17.2. The smallest absolute Gasteiger partial charge is 0.408 e. The Bertz CT molecular complexity index is 366. The quantitative estimate of drug-likeness (QED) is 0.378. The van der Waals surface area contributed by atoms with Crippen molar-refractivity contribution in [1.29, 1.82) is 0 Å². The lowest BCUT2D eigenvalue weighted by molar-refractivity contribution is -0.119. The van der Waals surface area contributed by atoms with Crippen LogP contribution in [0.4, 0.5) is 4.79 Å². The van der Waals surface area contributed by atoms with Crippen molar-refractivity contribution in [3.63, 3.8) is 0 Å². The fraction of sp³-hybridized carbons (Fsp3) is 0.750. The number of halogens is 1. The average Bonchev–Trinajstić information content (AvgIpc) is 2.40. The van der Waals surface area contributed by atoms with Gasteiger partial charge < -0.3 is 14.8 Å². The first kappa shape index (κ1) is 20.9. The number of Topliss-reactive ketones (excluding diaryl/α,β-unsaturated/α-hetero) is 1. The third-order valence-electron chi connectivity index (χ3n) is 2.84. The number of carbonyl (C=O) groups excluding carboxylic acids is 2. The summed E-state index contributed by atoms with van der Waals surface area (Å²) in [6.07, 6.45) is 2.37. The second-order valence-electron chi connectivity index (χ2n) is 6.29. The molecule has 0 unspecified atom stereocenters. The van der Waals surface area contributed by atoms with E-state index in [1.165, 1.54) is 0 Å². The molecule has 0 rings (SSSR count). The lowest BCUT2D eigenvalue weighted by atomic mass is 9.97. The van der Waals surface area contributed by atoms with Crippen molar-refractivity contribution in [2.24, 2.45) is 5.92 Å². The normalized spacial score (nSPS) is 14.0. The Kier molecular flexibility index (Phi) is 10.1. The van der Waals surface area contributed by atoms with Crippen molar-refractivity contribution in [2.45, 2.75) is 52.2 Å². The molecule has 0 heterocycles. The van der Waals surface area contributed by atoms with Gasteiger partial charge in [0.1, 0.15) is 5.60 Å². The summed E-state index contributed by atoms with van der Waals surface area (Å²) in [5.74, 6) is -0.150. The Morgan fingerprint density at radius 1 is 1.36 bits per heavy atom. The maximum atomic E-state index is 11.9. The number of alkyl halides is 1. The van der Waals surface area contributed by atoms with Crippen LogP contribution in [-0.2, 0) is 14.3 Å². The first-order chi connectivity index (χ1) is 10.2. The number of alkyl carbamates (subject to hydrolysis) is 1. The van der Waals surface area contributed by atoms with E-state index in [1.54, 1.807) is 26.8 Å². The van der Waals surface area contributed by atoms with Crippen LogP contribution in [0.2, 0.25) is 0 Å². The van der Waals surface area contributed by atoms with E-state index in [0.29, 0.717) is 19.6 Å². The molecule has 1 N–H and O–H groups in total. The molecule has 0 spiro atoms. The molecule has 22 heavy (non-hydrogen) atoms. The largest absolute Gasteiger partial charge is 0.444 e. The minimum Gasteiger partial charge on any atom is -0.444 e. The molecule has 128 valence electrons. The Labute approximate surface area is 138 Å².